The molecular weight excluding hydrogens is 328 g/mol. The fraction of sp³-hybridized carbons (Fsp3) is 0.120. The number of aromatic nitrogens is 2. The van der Waals surface area contributed by atoms with E-state index in [1.165, 1.54) is 44.8 Å². The van der Waals surface area contributed by atoms with Crippen molar-refractivity contribution in [2.75, 3.05) is 0 Å². The summed E-state index contributed by atoms with van der Waals surface area (Å²) in [7, 11) is 0. The molecule has 2 aliphatic carbocycles. The number of pyridine rings is 2. The third kappa shape index (κ3) is 1.39. The van der Waals surface area contributed by atoms with Crippen molar-refractivity contribution in [3.8, 4) is 22.5 Å². The van der Waals surface area contributed by atoms with Gasteiger partial charge >= 0.3 is 0 Å². The first kappa shape index (κ1) is 13.9. The second-order valence-corrected chi connectivity index (χ2v) is 7.77. The standard InChI is InChI=1S/C25H18N2/c1-3-9-19-17(7-1)18-8-2-4-10-20(18)25(19)21-11-5-13-26-15-16-27-14-6-12-22(25)24(27)23(21)26/h1-14H,15-16H2/q+2. The molecule has 1 spiro atoms. The maximum Gasteiger partial charge on any atom is 0.282 e. The van der Waals surface area contributed by atoms with Crippen molar-refractivity contribution in [1.82, 2.24) is 0 Å². The summed E-state index contributed by atoms with van der Waals surface area (Å²) in [5.74, 6) is 0. The van der Waals surface area contributed by atoms with E-state index in [4.69, 9.17) is 0 Å². The van der Waals surface area contributed by atoms with Crippen molar-refractivity contribution in [2.24, 2.45) is 0 Å². The summed E-state index contributed by atoms with van der Waals surface area (Å²) in [6.07, 6.45) is 4.48. The molecule has 0 unspecified atom stereocenters. The summed E-state index contributed by atoms with van der Waals surface area (Å²) in [6, 6.07) is 27.1. The first-order valence-corrected chi connectivity index (χ1v) is 9.66. The first-order valence-electron chi connectivity index (χ1n) is 9.66. The van der Waals surface area contributed by atoms with Crippen molar-refractivity contribution in [1.29, 1.82) is 0 Å². The molecule has 2 nitrogen and oxygen atoms in total. The molecule has 7 rings (SSSR count). The Morgan fingerprint density at radius 1 is 0.519 bits per heavy atom. The van der Waals surface area contributed by atoms with Gasteiger partial charge in [-0.25, -0.2) is 0 Å². The average molecular weight is 346 g/mol. The Morgan fingerprint density at radius 2 is 0.963 bits per heavy atom. The molecule has 27 heavy (non-hydrogen) atoms. The molecule has 0 N–H and O–H groups in total. The molecule has 0 radical (unpaired) electrons. The van der Waals surface area contributed by atoms with Crippen molar-refractivity contribution < 1.29 is 9.13 Å². The molecule has 2 aromatic carbocycles. The van der Waals surface area contributed by atoms with E-state index in [2.05, 4.69) is 94.3 Å². The molecule has 2 heteroatoms. The van der Waals surface area contributed by atoms with E-state index in [0.29, 0.717) is 0 Å². The Labute approximate surface area is 158 Å². The molecule has 0 bridgehead atoms. The lowest BCUT2D eigenvalue weighted by Crippen LogP contribution is -2.52. The second kappa shape index (κ2) is 4.52. The number of fused-ring (bicyclic) bond motifs is 7. The fourth-order valence-corrected chi connectivity index (χ4v) is 5.78. The summed E-state index contributed by atoms with van der Waals surface area (Å²) in [5, 5.41) is 0. The van der Waals surface area contributed by atoms with Crippen LogP contribution in [0.4, 0.5) is 0 Å². The Morgan fingerprint density at radius 3 is 1.48 bits per heavy atom. The summed E-state index contributed by atoms with van der Waals surface area (Å²) in [5.41, 5.74) is 11.0. The van der Waals surface area contributed by atoms with Gasteiger partial charge < -0.3 is 0 Å². The lowest BCUT2D eigenvalue weighted by Gasteiger charge is -2.27. The van der Waals surface area contributed by atoms with Crippen LogP contribution in [0.2, 0.25) is 0 Å². The largest absolute Gasteiger partial charge is 0.282 e. The minimum absolute atomic E-state index is 0.200. The van der Waals surface area contributed by atoms with Gasteiger partial charge in [0, 0.05) is 12.1 Å². The van der Waals surface area contributed by atoms with Crippen LogP contribution in [-0.2, 0) is 18.5 Å². The topological polar surface area (TPSA) is 7.76 Å². The monoisotopic (exact) mass is 346 g/mol. The van der Waals surface area contributed by atoms with E-state index in [9.17, 15) is 0 Å². The Kier molecular flexibility index (Phi) is 2.33. The van der Waals surface area contributed by atoms with Crippen LogP contribution in [-0.4, -0.2) is 0 Å². The van der Waals surface area contributed by atoms with E-state index in [0.717, 1.165) is 13.1 Å². The highest BCUT2D eigenvalue weighted by Gasteiger charge is 2.59. The van der Waals surface area contributed by atoms with Gasteiger partial charge in [0.05, 0.1) is 16.5 Å². The van der Waals surface area contributed by atoms with Crippen LogP contribution in [0.5, 0.6) is 0 Å². The molecule has 3 heterocycles. The van der Waals surface area contributed by atoms with E-state index in [1.54, 1.807) is 0 Å². The molecule has 126 valence electrons. The van der Waals surface area contributed by atoms with E-state index in [-0.39, 0.29) is 5.41 Å². The van der Waals surface area contributed by atoms with Crippen molar-refractivity contribution >= 4 is 0 Å². The van der Waals surface area contributed by atoms with Crippen molar-refractivity contribution in [2.45, 2.75) is 18.5 Å². The van der Waals surface area contributed by atoms with Gasteiger partial charge in [-0.05, 0) is 34.4 Å². The molecule has 0 fully saturated rings. The van der Waals surface area contributed by atoms with Crippen LogP contribution in [0.15, 0.2) is 85.2 Å². The predicted molar refractivity (Wildman–Crippen MR) is 103 cm³/mol. The Hall–Kier alpha value is -3.26. The number of hydrogen-bond acceptors (Lipinski definition) is 0. The van der Waals surface area contributed by atoms with Crippen LogP contribution in [0.3, 0.4) is 0 Å². The number of benzene rings is 2. The number of hydrogen-bond donors (Lipinski definition) is 0. The fourth-order valence-electron chi connectivity index (χ4n) is 5.78. The third-order valence-electron chi connectivity index (χ3n) is 6.71. The highest BCUT2D eigenvalue weighted by atomic mass is 15.1. The third-order valence-corrected chi connectivity index (χ3v) is 6.71. The normalized spacial score (nSPS) is 16.1. The van der Waals surface area contributed by atoms with E-state index < -0.39 is 0 Å². The van der Waals surface area contributed by atoms with E-state index in [1.807, 2.05) is 0 Å². The lowest BCUT2D eigenvalue weighted by atomic mass is 9.71. The summed E-state index contributed by atoms with van der Waals surface area (Å²) in [4.78, 5) is 0. The lowest BCUT2D eigenvalue weighted by molar-refractivity contribution is -0.794. The molecular formula is C25H18N2+2. The minimum atomic E-state index is -0.200. The average Bonchev–Trinajstić information content (AvgIpc) is 3.21. The summed E-state index contributed by atoms with van der Waals surface area (Å²) >= 11 is 0. The first-order chi connectivity index (χ1) is 13.4. The summed E-state index contributed by atoms with van der Waals surface area (Å²) in [6.45, 7) is 2.06. The molecule has 4 aromatic rings. The maximum atomic E-state index is 2.45. The number of aryl methyl sites for hydroxylation is 2. The van der Waals surface area contributed by atoms with Gasteiger partial charge in [-0.15, -0.1) is 0 Å². The highest BCUT2D eigenvalue weighted by Crippen LogP contribution is 2.61. The molecule has 2 aromatic heterocycles. The van der Waals surface area contributed by atoms with Crippen molar-refractivity contribution in [3.05, 3.63) is 107 Å². The van der Waals surface area contributed by atoms with Crippen LogP contribution in [0.25, 0.3) is 22.5 Å². The SMILES string of the molecule is c1ccc2c(c1)-c1ccccc1C21c2ccc[n+]3c2-c2c1ccc[n+]2CC3. The number of rotatable bonds is 0. The zero-order valence-electron chi connectivity index (χ0n) is 14.9. The van der Waals surface area contributed by atoms with Gasteiger partial charge in [0.25, 0.3) is 11.4 Å². The zero-order valence-corrected chi connectivity index (χ0v) is 14.9. The molecule has 0 saturated heterocycles. The van der Waals surface area contributed by atoms with Crippen LogP contribution >= 0.6 is 0 Å². The smallest absolute Gasteiger partial charge is 0.186 e. The van der Waals surface area contributed by atoms with Gasteiger partial charge in [0.2, 0.25) is 13.1 Å². The Bertz CT molecular complexity index is 1180. The van der Waals surface area contributed by atoms with E-state index >= 15 is 0 Å². The van der Waals surface area contributed by atoms with Gasteiger partial charge in [-0.1, -0.05) is 48.5 Å². The maximum absolute atomic E-state index is 2.45. The molecule has 0 saturated carbocycles. The quantitative estimate of drug-likeness (QED) is 0.371. The molecule has 0 atom stereocenters. The van der Waals surface area contributed by atoms with Gasteiger partial charge in [-0.2, -0.15) is 9.13 Å². The Balaban J connectivity index is 1.77. The van der Waals surface area contributed by atoms with Crippen LogP contribution < -0.4 is 9.13 Å². The van der Waals surface area contributed by atoms with Gasteiger partial charge in [0.1, 0.15) is 0 Å². The minimum Gasteiger partial charge on any atom is -0.186 e. The van der Waals surface area contributed by atoms with Crippen LogP contribution in [0.1, 0.15) is 22.3 Å². The van der Waals surface area contributed by atoms with Gasteiger partial charge in [-0.3, -0.25) is 0 Å². The molecule has 3 aliphatic rings. The zero-order chi connectivity index (χ0) is 17.6. The highest BCUT2D eigenvalue weighted by molar-refractivity contribution is 5.91. The second-order valence-electron chi connectivity index (χ2n) is 7.77. The van der Waals surface area contributed by atoms with Crippen LogP contribution in [0, 0.1) is 0 Å². The van der Waals surface area contributed by atoms with Crippen molar-refractivity contribution in [3.63, 3.8) is 0 Å². The number of nitrogens with zero attached hydrogens (tertiary/aromatic N) is 2. The molecule has 1 aliphatic heterocycles. The molecule has 0 amide bonds. The van der Waals surface area contributed by atoms with Gasteiger partial charge in [0.15, 0.2) is 12.4 Å². The predicted octanol–water partition coefficient (Wildman–Crippen LogP) is 3.62. The summed E-state index contributed by atoms with van der Waals surface area (Å²) < 4.78 is 4.90.